The third-order valence-corrected chi connectivity index (χ3v) is 5.07. The number of aromatic nitrogens is 1. The molecule has 4 rings (SSSR count). The highest BCUT2D eigenvalue weighted by Gasteiger charge is 2.24. The zero-order valence-electron chi connectivity index (χ0n) is 16.5. The lowest BCUT2D eigenvalue weighted by Gasteiger charge is -2.37. The molecule has 30 heavy (non-hydrogen) atoms. The van der Waals surface area contributed by atoms with Crippen LogP contribution in [0, 0.1) is 5.82 Å². The van der Waals surface area contributed by atoms with Crippen molar-refractivity contribution in [1.29, 1.82) is 0 Å². The van der Waals surface area contributed by atoms with E-state index in [1.165, 1.54) is 17.8 Å². The van der Waals surface area contributed by atoms with Gasteiger partial charge in [0.1, 0.15) is 12.4 Å². The number of oxime groups is 1. The lowest BCUT2D eigenvalue weighted by molar-refractivity contribution is 0.283. The Balaban J connectivity index is 1.46. The van der Waals surface area contributed by atoms with Gasteiger partial charge in [-0.05, 0) is 42.0 Å². The number of para-hydroxylation sites is 1. The van der Waals surface area contributed by atoms with Crippen molar-refractivity contribution in [3.05, 3.63) is 89.9 Å². The van der Waals surface area contributed by atoms with Crippen LogP contribution in [-0.4, -0.2) is 47.1 Å². The van der Waals surface area contributed by atoms with Crippen molar-refractivity contribution in [3.63, 3.8) is 0 Å². The lowest BCUT2D eigenvalue weighted by atomic mass is 10.2. The van der Waals surface area contributed by atoms with Crippen LogP contribution in [0.5, 0.6) is 5.88 Å². The second kappa shape index (κ2) is 9.26. The molecule has 1 saturated heterocycles. The number of benzene rings is 2. The molecule has 1 aliphatic rings. The SMILES string of the molecule is O/N=C(/c1cccnc1OCc1cccc(F)c1)N1CCN(c2ccccc2)CC1. The molecule has 2 aromatic carbocycles. The van der Waals surface area contributed by atoms with Gasteiger partial charge in [0.25, 0.3) is 0 Å². The van der Waals surface area contributed by atoms with Gasteiger partial charge in [0.2, 0.25) is 5.88 Å². The Morgan fingerprint density at radius 2 is 1.80 bits per heavy atom. The van der Waals surface area contributed by atoms with Gasteiger partial charge in [0, 0.05) is 38.1 Å². The minimum Gasteiger partial charge on any atom is -0.472 e. The van der Waals surface area contributed by atoms with Gasteiger partial charge in [0.05, 0.1) is 5.56 Å². The fraction of sp³-hybridized carbons (Fsp3) is 0.217. The first-order chi connectivity index (χ1) is 14.7. The van der Waals surface area contributed by atoms with E-state index >= 15 is 0 Å². The van der Waals surface area contributed by atoms with E-state index < -0.39 is 0 Å². The van der Waals surface area contributed by atoms with E-state index in [1.54, 1.807) is 24.4 Å². The fourth-order valence-corrected chi connectivity index (χ4v) is 3.56. The predicted octanol–water partition coefficient (Wildman–Crippen LogP) is 3.76. The number of amidine groups is 1. The third kappa shape index (κ3) is 4.51. The molecule has 1 fully saturated rings. The van der Waals surface area contributed by atoms with E-state index in [-0.39, 0.29) is 12.4 Å². The van der Waals surface area contributed by atoms with E-state index in [0.29, 0.717) is 35.9 Å². The van der Waals surface area contributed by atoms with Crippen LogP contribution >= 0.6 is 0 Å². The van der Waals surface area contributed by atoms with Gasteiger partial charge in [-0.2, -0.15) is 0 Å². The average Bonchev–Trinajstić information content (AvgIpc) is 2.80. The quantitative estimate of drug-likeness (QED) is 0.303. The topological polar surface area (TPSA) is 61.2 Å². The van der Waals surface area contributed by atoms with Crippen molar-refractivity contribution in [1.82, 2.24) is 9.88 Å². The summed E-state index contributed by atoms with van der Waals surface area (Å²) in [7, 11) is 0. The van der Waals surface area contributed by atoms with Crippen molar-refractivity contribution >= 4 is 11.5 Å². The van der Waals surface area contributed by atoms with E-state index in [2.05, 4.69) is 27.2 Å². The largest absolute Gasteiger partial charge is 0.472 e. The molecule has 1 aromatic heterocycles. The molecule has 0 aliphatic carbocycles. The number of hydrogen-bond acceptors (Lipinski definition) is 5. The van der Waals surface area contributed by atoms with Crippen molar-refractivity contribution < 1.29 is 14.3 Å². The Kier molecular flexibility index (Phi) is 6.08. The van der Waals surface area contributed by atoms with Crippen LogP contribution in [0.15, 0.2) is 78.1 Å². The Hall–Kier alpha value is -3.61. The first-order valence-electron chi connectivity index (χ1n) is 9.84. The maximum absolute atomic E-state index is 13.4. The van der Waals surface area contributed by atoms with Crippen LogP contribution in [0.2, 0.25) is 0 Å². The molecule has 1 aliphatic heterocycles. The number of anilines is 1. The number of ether oxygens (including phenoxy) is 1. The van der Waals surface area contributed by atoms with Crippen LogP contribution < -0.4 is 9.64 Å². The van der Waals surface area contributed by atoms with Crippen LogP contribution in [0.3, 0.4) is 0 Å². The van der Waals surface area contributed by atoms with Gasteiger partial charge in [-0.25, -0.2) is 9.37 Å². The highest BCUT2D eigenvalue weighted by atomic mass is 19.1. The lowest BCUT2D eigenvalue weighted by Crippen LogP contribution is -2.49. The van der Waals surface area contributed by atoms with Crippen molar-refractivity contribution in [3.8, 4) is 5.88 Å². The molecule has 0 atom stereocenters. The van der Waals surface area contributed by atoms with Gasteiger partial charge in [-0.15, -0.1) is 0 Å². The minimum absolute atomic E-state index is 0.169. The van der Waals surface area contributed by atoms with Crippen LogP contribution in [0.1, 0.15) is 11.1 Å². The number of hydrogen-bond donors (Lipinski definition) is 1. The predicted molar refractivity (Wildman–Crippen MR) is 114 cm³/mol. The summed E-state index contributed by atoms with van der Waals surface area (Å²) in [6.45, 7) is 3.19. The molecule has 0 spiro atoms. The highest BCUT2D eigenvalue weighted by molar-refractivity contribution is 6.00. The minimum atomic E-state index is -0.314. The van der Waals surface area contributed by atoms with Crippen molar-refractivity contribution in [2.75, 3.05) is 31.1 Å². The smallest absolute Gasteiger partial charge is 0.224 e. The number of pyridine rings is 1. The van der Waals surface area contributed by atoms with Gasteiger partial charge in [-0.1, -0.05) is 35.5 Å². The first kappa shape index (κ1) is 19.7. The monoisotopic (exact) mass is 406 g/mol. The first-order valence-corrected chi connectivity index (χ1v) is 9.84. The molecule has 1 N–H and O–H groups in total. The molecule has 0 unspecified atom stereocenters. The van der Waals surface area contributed by atoms with E-state index in [0.717, 1.165) is 13.1 Å². The summed E-state index contributed by atoms with van der Waals surface area (Å²) in [5, 5.41) is 13.3. The van der Waals surface area contributed by atoms with Crippen molar-refractivity contribution in [2.45, 2.75) is 6.61 Å². The van der Waals surface area contributed by atoms with E-state index in [4.69, 9.17) is 4.74 Å². The maximum Gasteiger partial charge on any atom is 0.224 e. The van der Waals surface area contributed by atoms with Gasteiger partial charge in [-0.3, -0.25) is 0 Å². The number of rotatable bonds is 5. The molecule has 0 saturated carbocycles. The summed E-state index contributed by atoms with van der Waals surface area (Å²) in [6, 6.07) is 20.1. The normalized spacial score (nSPS) is 14.6. The van der Waals surface area contributed by atoms with E-state index in [9.17, 15) is 9.60 Å². The Labute approximate surface area is 174 Å². The number of halogens is 1. The standard InChI is InChI=1S/C23H23FN4O2/c24-19-7-4-6-18(16-19)17-30-23-21(10-5-11-25-23)22(26-29)28-14-12-27(13-15-28)20-8-2-1-3-9-20/h1-11,16,29H,12-15,17H2/b26-22-. The summed E-state index contributed by atoms with van der Waals surface area (Å²) in [5.41, 5.74) is 2.48. The van der Waals surface area contributed by atoms with Gasteiger partial charge < -0.3 is 19.7 Å². The Bertz CT molecular complexity index is 1000. The highest BCUT2D eigenvalue weighted by Crippen LogP contribution is 2.22. The average molecular weight is 406 g/mol. The second-order valence-corrected chi connectivity index (χ2v) is 7.01. The maximum atomic E-state index is 13.4. The third-order valence-electron chi connectivity index (χ3n) is 5.07. The molecule has 154 valence electrons. The van der Waals surface area contributed by atoms with Gasteiger partial charge >= 0.3 is 0 Å². The fourth-order valence-electron chi connectivity index (χ4n) is 3.56. The molecule has 7 heteroatoms. The summed E-state index contributed by atoms with van der Waals surface area (Å²) in [6.07, 6.45) is 1.62. The molecule has 0 amide bonds. The van der Waals surface area contributed by atoms with Crippen molar-refractivity contribution in [2.24, 2.45) is 5.16 Å². The molecular weight excluding hydrogens is 383 g/mol. The van der Waals surface area contributed by atoms with E-state index in [1.807, 2.05) is 29.2 Å². The zero-order chi connectivity index (χ0) is 20.8. The summed E-state index contributed by atoms with van der Waals surface area (Å²) >= 11 is 0. The molecule has 0 bridgehead atoms. The Morgan fingerprint density at radius 1 is 1.00 bits per heavy atom. The molecular formula is C23H23FN4O2. The van der Waals surface area contributed by atoms with Crippen LogP contribution in [-0.2, 0) is 6.61 Å². The molecule has 6 nitrogen and oxygen atoms in total. The molecule has 0 radical (unpaired) electrons. The van der Waals surface area contributed by atoms with Crippen LogP contribution in [0.25, 0.3) is 0 Å². The second-order valence-electron chi connectivity index (χ2n) is 7.01. The molecule has 2 heterocycles. The number of piperazine rings is 1. The van der Waals surface area contributed by atoms with Gasteiger partial charge in [0.15, 0.2) is 5.84 Å². The molecule has 3 aromatic rings. The zero-order valence-corrected chi connectivity index (χ0v) is 16.5. The summed E-state index contributed by atoms with van der Waals surface area (Å²) < 4.78 is 19.3. The summed E-state index contributed by atoms with van der Waals surface area (Å²) in [4.78, 5) is 8.62. The summed E-state index contributed by atoms with van der Waals surface area (Å²) in [5.74, 6) is 0.455. The van der Waals surface area contributed by atoms with Crippen LogP contribution in [0.4, 0.5) is 10.1 Å². The number of nitrogens with zero attached hydrogens (tertiary/aromatic N) is 4. The Morgan fingerprint density at radius 3 is 2.53 bits per heavy atom.